The zero-order chi connectivity index (χ0) is 32.7. The molecule has 0 aliphatic rings. The molecule has 46 heavy (non-hydrogen) atoms. The molecule has 2 aromatic heterocycles. The fraction of sp³-hybridized carbons (Fsp3) is 0.171. The Hall–Kier alpha value is -5.16. The van der Waals surface area contributed by atoms with Crippen molar-refractivity contribution in [1.29, 1.82) is 0 Å². The first-order valence-electron chi connectivity index (χ1n) is 14.3. The topological polar surface area (TPSA) is 89.6 Å². The summed E-state index contributed by atoms with van der Waals surface area (Å²) in [6, 6.07) is 19.0. The second-order valence-electron chi connectivity index (χ2n) is 10.7. The lowest BCUT2D eigenvalue weighted by Crippen LogP contribution is -2.24. The Kier molecular flexibility index (Phi) is 8.26. The number of carbonyl (C=O) groups is 1. The van der Waals surface area contributed by atoms with Crippen molar-refractivity contribution >= 4 is 45.4 Å². The first-order chi connectivity index (χ1) is 22.1. The van der Waals surface area contributed by atoms with Gasteiger partial charge in [-0.15, -0.1) is 0 Å². The van der Waals surface area contributed by atoms with Crippen LogP contribution in [0.5, 0.6) is 5.75 Å². The third kappa shape index (κ3) is 5.47. The van der Waals surface area contributed by atoms with Gasteiger partial charge in [-0.25, -0.2) is 13.8 Å². The number of aromatic nitrogens is 2. The van der Waals surface area contributed by atoms with Gasteiger partial charge >= 0.3 is 0 Å². The second-order valence-corrected chi connectivity index (χ2v) is 11.6. The number of anilines is 1. The standard InChI is InChI=1S/C35H30F2N4O4S/c1-19-39-32-27(35(43)41(19)18-20-6-10-23(36)11-7-20)14-22(15-30(32)44-4)25-16-26-29(17-28(25)40(3)46-5)45-33(31(26)34(42)38-2)21-8-12-24(37)13-9-21/h6-17H,18H2,1-5H3,(H,38,42). The van der Waals surface area contributed by atoms with Crippen LogP contribution in [0, 0.1) is 18.6 Å². The average molecular weight is 641 g/mol. The van der Waals surface area contributed by atoms with Gasteiger partial charge < -0.3 is 18.8 Å². The fourth-order valence-electron chi connectivity index (χ4n) is 5.55. The minimum atomic E-state index is -0.404. The van der Waals surface area contributed by atoms with E-state index in [1.807, 2.05) is 35.8 Å². The number of nitrogens with zero attached hydrogens (tertiary/aromatic N) is 3. The molecule has 0 saturated heterocycles. The number of ether oxygens (including phenoxy) is 1. The van der Waals surface area contributed by atoms with E-state index in [4.69, 9.17) is 14.1 Å². The van der Waals surface area contributed by atoms with Gasteiger partial charge in [0.1, 0.15) is 40.1 Å². The molecule has 0 saturated carbocycles. The van der Waals surface area contributed by atoms with Crippen molar-refractivity contribution in [2.24, 2.45) is 0 Å². The molecule has 4 aromatic carbocycles. The van der Waals surface area contributed by atoms with Gasteiger partial charge in [-0.2, -0.15) is 0 Å². The summed E-state index contributed by atoms with van der Waals surface area (Å²) in [5, 5.41) is 3.57. The number of amides is 1. The van der Waals surface area contributed by atoms with E-state index >= 15 is 0 Å². The van der Waals surface area contributed by atoms with Crippen LogP contribution >= 0.6 is 11.9 Å². The molecule has 234 valence electrons. The third-order valence-corrected chi connectivity index (χ3v) is 8.72. The molecule has 0 atom stereocenters. The first-order valence-corrected chi connectivity index (χ1v) is 15.5. The number of benzene rings is 4. The van der Waals surface area contributed by atoms with E-state index in [2.05, 4.69) is 5.32 Å². The van der Waals surface area contributed by atoms with Gasteiger partial charge in [0, 0.05) is 42.9 Å². The second kappa shape index (κ2) is 12.3. The lowest BCUT2D eigenvalue weighted by Gasteiger charge is -2.21. The van der Waals surface area contributed by atoms with Crippen LogP contribution in [0.1, 0.15) is 21.7 Å². The quantitative estimate of drug-likeness (QED) is 0.176. The summed E-state index contributed by atoms with van der Waals surface area (Å²) in [4.78, 5) is 32.0. The summed E-state index contributed by atoms with van der Waals surface area (Å²) in [5.41, 5.74) is 4.34. The highest BCUT2D eigenvalue weighted by Gasteiger charge is 2.25. The Morgan fingerprint density at radius 2 is 1.67 bits per heavy atom. The van der Waals surface area contributed by atoms with Crippen molar-refractivity contribution in [3.05, 3.63) is 112 Å². The maximum Gasteiger partial charge on any atom is 0.261 e. The molecule has 0 aliphatic heterocycles. The largest absolute Gasteiger partial charge is 0.494 e. The van der Waals surface area contributed by atoms with Crippen molar-refractivity contribution in [3.8, 4) is 28.2 Å². The molecule has 0 radical (unpaired) electrons. The van der Waals surface area contributed by atoms with Crippen LogP contribution in [0.4, 0.5) is 14.5 Å². The third-order valence-electron chi connectivity index (χ3n) is 7.98. The van der Waals surface area contributed by atoms with Gasteiger partial charge in [-0.3, -0.25) is 14.2 Å². The summed E-state index contributed by atoms with van der Waals surface area (Å²) in [6.07, 6.45) is 1.93. The van der Waals surface area contributed by atoms with Crippen LogP contribution in [0.15, 0.2) is 82.0 Å². The molecular formula is C35H30F2N4O4S. The maximum absolute atomic E-state index is 14.0. The number of fused-ring (bicyclic) bond motifs is 2. The summed E-state index contributed by atoms with van der Waals surface area (Å²) >= 11 is 1.47. The van der Waals surface area contributed by atoms with Crippen LogP contribution in [0.3, 0.4) is 0 Å². The molecule has 0 unspecified atom stereocenters. The zero-order valence-electron chi connectivity index (χ0n) is 25.8. The van der Waals surface area contributed by atoms with Crippen LogP contribution in [-0.2, 0) is 6.54 Å². The van der Waals surface area contributed by atoms with Gasteiger partial charge in [-0.05, 0) is 72.6 Å². The normalized spacial score (nSPS) is 11.3. The zero-order valence-corrected chi connectivity index (χ0v) is 26.6. The molecule has 1 amide bonds. The Morgan fingerprint density at radius 1 is 1.00 bits per heavy atom. The maximum atomic E-state index is 14.0. The van der Waals surface area contributed by atoms with Crippen molar-refractivity contribution in [1.82, 2.24) is 14.9 Å². The lowest BCUT2D eigenvalue weighted by atomic mass is 9.97. The summed E-state index contributed by atoms with van der Waals surface area (Å²) in [6.45, 7) is 1.96. The number of hydrogen-bond donors (Lipinski definition) is 1. The number of hydrogen-bond acceptors (Lipinski definition) is 7. The van der Waals surface area contributed by atoms with E-state index in [1.165, 1.54) is 50.4 Å². The van der Waals surface area contributed by atoms with Crippen LogP contribution in [0.25, 0.3) is 44.3 Å². The van der Waals surface area contributed by atoms with Gasteiger partial charge in [0.2, 0.25) is 0 Å². The Labute approximate surface area is 267 Å². The molecular weight excluding hydrogens is 610 g/mol. The van der Waals surface area contributed by atoms with Crippen molar-refractivity contribution in [2.45, 2.75) is 13.5 Å². The highest BCUT2D eigenvalue weighted by molar-refractivity contribution is 7.99. The van der Waals surface area contributed by atoms with E-state index in [1.54, 1.807) is 41.8 Å². The summed E-state index contributed by atoms with van der Waals surface area (Å²) < 4.78 is 42.8. The van der Waals surface area contributed by atoms with Crippen molar-refractivity contribution in [2.75, 3.05) is 31.8 Å². The lowest BCUT2D eigenvalue weighted by molar-refractivity contribution is 0.0964. The highest BCUT2D eigenvalue weighted by atomic mass is 32.2. The van der Waals surface area contributed by atoms with Gasteiger partial charge in [0.05, 0.1) is 30.3 Å². The van der Waals surface area contributed by atoms with Gasteiger partial charge in [-0.1, -0.05) is 24.1 Å². The molecule has 0 spiro atoms. The smallest absolute Gasteiger partial charge is 0.261 e. The Balaban J connectivity index is 1.61. The van der Waals surface area contributed by atoms with E-state index < -0.39 is 5.82 Å². The van der Waals surface area contributed by atoms with E-state index in [0.29, 0.717) is 61.5 Å². The number of nitrogens with one attached hydrogen (secondary N) is 1. The van der Waals surface area contributed by atoms with E-state index in [0.717, 1.165) is 11.3 Å². The molecule has 8 nitrogen and oxygen atoms in total. The van der Waals surface area contributed by atoms with E-state index in [-0.39, 0.29) is 23.8 Å². The molecule has 0 bridgehead atoms. The van der Waals surface area contributed by atoms with Crippen molar-refractivity contribution < 1.29 is 22.7 Å². The molecule has 0 fully saturated rings. The number of halogens is 2. The average Bonchev–Trinajstić information content (AvgIpc) is 3.44. The Bertz CT molecular complexity index is 2180. The molecule has 11 heteroatoms. The number of methoxy groups -OCH3 is 1. The van der Waals surface area contributed by atoms with Gasteiger partial charge in [0.25, 0.3) is 11.5 Å². The van der Waals surface area contributed by atoms with E-state index in [9.17, 15) is 18.4 Å². The number of aryl methyl sites for hydroxylation is 1. The first kappa shape index (κ1) is 30.8. The minimum absolute atomic E-state index is 0.212. The molecule has 0 aliphatic carbocycles. The minimum Gasteiger partial charge on any atom is -0.494 e. The fourth-order valence-corrected chi connectivity index (χ4v) is 5.90. The van der Waals surface area contributed by atoms with Crippen LogP contribution in [-0.4, -0.2) is 42.9 Å². The van der Waals surface area contributed by atoms with Gasteiger partial charge in [0.15, 0.2) is 0 Å². The predicted octanol–water partition coefficient (Wildman–Crippen LogP) is 7.19. The highest BCUT2D eigenvalue weighted by Crippen LogP contribution is 2.43. The summed E-state index contributed by atoms with van der Waals surface area (Å²) in [5.74, 6) is 0.0744. The van der Waals surface area contributed by atoms with Crippen molar-refractivity contribution in [3.63, 3.8) is 0 Å². The molecule has 6 aromatic rings. The summed E-state index contributed by atoms with van der Waals surface area (Å²) in [7, 11) is 4.96. The number of rotatable bonds is 8. The Morgan fingerprint density at radius 3 is 2.30 bits per heavy atom. The monoisotopic (exact) mass is 640 g/mol. The molecule has 2 heterocycles. The molecule has 1 N–H and O–H groups in total. The number of carbonyl (C=O) groups excluding carboxylic acids is 1. The van der Waals surface area contributed by atoms with Crippen LogP contribution in [0.2, 0.25) is 0 Å². The predicted molar refractivity (Wildman–Crippen MR) is 179 cm³/mol. The molecule has 6 rings (SSSR count). The number of furan rings is 1. The SMILES string of the molecule is CNC(=O)c1c(-c2ccc(F)cc2)oc2cc(N(C)SC)c(-c3cc(OC)c4nc(C)n(Cc5ccc(F)cc5)c(=O)c4c3)cc12. The van der Waals surface area contributed by atoms with Crippen LogP contribution < -0.4 is 19.9 Å².